The molecule has 5 nitrogen and oxygen atoms in total. The van der Waals surface area contributed by atoms with E-state index < -0.39 is 5.82 Å². The van der Waals surface area contributed by atoms with E-state index in [1.54, 1.807) is 23.2 Å². The Hall–Kier alpha value is -3.28. The topological polar surface area (TPSA) is 59.5 Å². The third-order valence-electron chi connectivity index (χ3n) is 6.48. The van der Waals surface area contributed by atoms with Crippen LogP contribution in [0.25, 0.3) is 10.9 Å². The fourth-order valence-electron chi connectivity index (χ4n) is 4.99. The van der Waals surface area contributed by atoms with Gasteiger partial charge < -0.3 is 9.64 Å². The van der Waals surface area contributed by atoms with Crippen LogP contribution in [0.1, 0.15) is 41.6 Å². The Kier molecular flexibility index (Phi) is 5.14. The Labute approximate surface area is 179 Å². The van der Waals surface area contributed by atoms with E-state index in [1.807, 2.05) is 36.4 Å². The molecule has 2 fully saturated rings. The molecular weight excluding hydrogens is 395 g/mol. The van der Waals surface area contributed by atoms with Crippen LogP contribution >= 0.6 is 0 Å². The average molecular weight is 418 g/mol. The normalized spacial score (nSPS) is 22.5. The molecule has 6 heteroatoms. The van der Waals surface area contributed by atoms with Crippen molar-refractivity contribution in [1.82, 2.24) is 9.88 Å². The number of fused-ring (bicyclic) bond motifs is 3. The van der Waals surface area contributed by atoms with Gasteiger partial charge in [0.1, 0.15) is 12.4 Å². The molecule has 2 bridgehead atoms. The summed E-state index contributed by atoms with van der Waals surface area (Å²) in [4.78, 5) is 31.9. The molecule has 1 aromatic heterocycles. The highest BCUT2D eigenvalue weighted by Crippen LogP contribution is 2.40. The van der Waals surface area contributed by atoms with Crippen LogP contribution in [0.4, 0.5) is 9.18 Å². The molecular formula is C25H23FN2O3. The van der Waals surface area contributed by atoms with E-state index >= 15 is 0 Å². The molecule has 2 aliphatic heterocycles. The second kappa shape index (κ2) is 8.10. The molecule has 31 heavy (non-hydrogen) atoms. The Morgan fingerprint density at radius 3 is 2.52 bits per heavy atom. The first-order valence-corrected chi connectivity index (χ1v) is 10.7. The molecule has 3 heterocycles. The first-order valence-electron chi connectivity index (χ1n) is 10.7. The molecule has 2 unspecified atom stereocenters. The van der Waals surface area contributed by atoms with E-state index in [2.05, 4.69) is 4.98 Å². The number of ketones is 1. The smallest absolute Gasteiger partial charge is 0.410 e. The summed E-state index contributed by atoms with van der Waals surface area (Å²) in [5.74, 6) is -1.01. The van der Waals surface area contributed by atoms with E-state index in [4.69, 9.17) is 4.74 Å². The number of carbonyl (C=O) groups excluding carboxylic acids is 2. The summed E-state index contributed by atoms with van der Waals surface area (Å²) in [6, 6.07) is 16.0. The molecule has 5 rings (SSSR count). The van der Waals surface area contributed by atoms with E-state index in [-0.39, 0.29) is 42.0 Å². The third-order valence-corrected chi connectivity index (χ3v) is 6.48. The van der Waals surface area contributed by atoms with Gasteiger partial charge in [0, 0.05) is 35.7 Å². The molecule has 0 spiro atoms. The number of aromatic nitrogens is 1. The maximum atomic E-state index is 14.7. The lowest BCUT2D eigenvalue weighted by Crippen LogP contribution is -2.48. The highest BCUT2D eigenvalue weighted by Gasteiger charge is 2.46. The molecule has 0 saturated carbocycles. The number of Topliss-reactive ketones (excluding diaryl/α,β-unsaturated/α-hetero) is 1. The van der Waals surface area contributed by atoms with Crippen molar-refractivity contribution in [3.05, 3.63) is 77.7 Å². The number of hydrogen-bond acceptors (Lipinski definition) is 4. The van der Waals surface area contributed by atoms with Gasteiger partial charge in [-0.15, -0.1) is 0 Å². The minimum Gasteiger partial charge on any atom is -0.445 e. The molecule has 0 radical (unpaired) electrons. The molecule has 2 saturated heterocycles. The number of hydrogen-bond donors (Lipinski definition) is 0. The molecule has 2 aromatic carbocycles. The van der Waals surface area contributed by atoms with Gasteiger partial charge in [0.15, 0.2) is 5.78 Å². The van der Waals surface area contributed by atoms with E-state index in [0.29, 0.717) is 18.4 Å². The molecule has 3 aromatic rings. The monoisotopic (exact) mass is 418 g/mol. The van der Waals surface area contributed by atoms with E-state index in [0.717, 1.165) is 23.8 Å². The summed E-state index contributed by atoms with van der Waals surface area (Å²) >= 11 is 0. The lowest BCUT2D eigenvalue weighted by atomic mass is 9.84. The maximum Gasteiger partial charge on any atom is 0.410 e. The molecule has 0 N–H and O–H groups in total. The second-order valence-corrected chi connectivity index (χ2v) is 8.39. The number of ether oxygens (including phenoxy) is 1. The van der Waals surface area contributed by atoms with Crippen LogP contribution < -0.4 is 0 Å². The van der Waals surface area contributed by atoms with Crippen LogP contribution in [0, 0.1) is 11.7 Å². The Balaban J connectivity index is 1.29. The van der Waals surface area contributed by atoms with Crippen LogP contribution in [0.15, 0.2) is 60.8 Å². The zero-order chi connectivity index (χ0) is 21.4. The highest BCUT2D eigenvalue weighted by molar-refractivity contribution is 6.01. The lowest BCUT2D eigenvalue weighted by molar-refractivity contribution is 0.0483. The molecule has 1 amide bonds. The van der Waals surface area contributed by atoms with Crippen molar-refractivity contribution in [2.45, 2.75) is 44.4 Å². The van der Waals surface area contributed by atoms with Crippen molar-refractivity contribution in [1.29, 1.82) is 0 Å². The van der Waals surface area contributed by atoms with Crippen molar-refractivity contribution < 1.29 is 18.7 Å². The minimum absolute atomic E-state index is 0.0406. The lowest BCUT2D eigenvalue weighted by Gasteiger charge is -2.37. The van der Waals surface area contributed by atoms with Gasteiger partial charge in [-0.25, -0.2) is 9.18 Å². The summed E-state index contributed by atoms with van der Waals surface area (Å²) in [6.07, 6.45) is 4.05. The van der Waals surface area contributed by atoms with Crippen molar-refractivity contribution in [3.63, 3.8) is 0 Å². The van der Waals surface area contributed by atoms with Crippen molar-refractivity contribution >= 4 is 22.8 Å². The Morgan fingerprint density at radius 2 is 1.77 bits per heavy atom. The van der Waals surface area contributed by atoms with Crippen molar-refractivity contribution in [2.24, 2.45) is 5.92 Å². The summed E-state index contributed by atoms with van der Waals surface area (Å²) in [5, 5.41) is 0.747. The van der Waals surface area contributed by atoms with Gasteiger partial charge in [-0.1, -0.05) is 36.4 Å². The average Bonchev–Trinajstić information content (AvgIpc) is 3.06. The number of piperidine rings is 1. The SMILES string of the molecule is O=C(c1cc2cccnc2cc1F)C1CC2CCC(C1)N2C(=O)OCc1ccccc1. The van der Waals surface area contributed by atoms with Gasteiger partial charge in [0.25, 0.3) is 0 Å². The summed E-state index contributed by atoms with van der Waals surface area (Å²) in [5.41, 5.74) is 1.59. The quantitative estimate of drug-likeness (QED) is 0.551. The molecule has 0 aliphatic carbocycles. The van der Waals surface area contributed by atoms with E-state index in [9.17, 15) is 14.0 Å². The molecule has 158 valence electrons. The van der Waals surface area contributed by atoms with Gasteiger partial charge in [-0.3, -0.25) is 9.78 Å². The van der Waals surface area contributed by atoms with Gasteiger partial charge in [0.2, 0.25) is 0 Å². The minimum atomic E-state index is -0.534. The fourth-order valence-corrected chi connectivity index (χ4v) is 4.99. The number of halogens is 1. The fraction of sp³-hybridized carbons (Fsp3) is 0.320. The predicted octanol–water partition coefficient (Wildman–Crippen LogP) is 5.14. The van der Waals surface area contributed by atoms with Crippen LogP contribution in [-0.2, 0) is 11.3 Å². The number of benzene rings is 2. The summed E-state index contributed by atoms with van der Waals surface area (Å²) < 4.78 is 20.2. The van der Waals surface area contributed by atoms with Crippen LogP contribution in [0.3, 0.4) is 0 Å². The van der Waals surface area contributed by atoms with Crippen LogP contribution in [0.5, 0.6) is 0 Å². The Bertz CT molecular complexity index is 1120. The highest BCUT2D eigenvalue weighted by atomic mass is 19.1. The van der Waals surface area contributed by atoms with Gasteiger partial charge in [-0.2, -0.15) is 0 Å². The number of amides is 1. The van der Waals surface area contributed by atoms with Crippen LogP contribution in [-0.4, -0.2) is 33.8 Å². The molecule has 2 atom stereocenters. The zero-order valence-electron chi connectivity index (χ0n) is 17.0. The standard InChI is InChI=1S/C25H23FN2O3/c26-22-14-23-17(7-4-10-27-23)13-21(22)24(29)18-11-19-8-9-20(12-18)28(19)25(30)31-15-16-5-2-1-3-6-16/h1-7,10,13-14,18-20H,8-9,11-12,15H2. The number of carbonyl (C=O) groups is 2. The zero-order valence-corrected chi connectivity index (χ0v) is 17.0. The number of pyridine rings is 1. The van der Waals surface area contributed by atoms with Gasteiger partial charge in [0.05, 0.1) is 11.1 Å². The van der Waals surface area contributed by atoms with Crippen molar-refractivity contribution in [3.8, 4) is 0 Å². The third kappa shape index (κ3) is 3.78. The predicted molar refractivity (Wildman–Crippen MR) is 114 cm³/mol. The van der Waals surface area contributed by atoms with Gasteiger partial charge >= 0.3 is 6.09 Å². The van der Waals surface area contributed by atoms with Crippen molar-refractivity contribution in [2.75, 3.05) is 0 Å². The molecule has 2 aliphatic rings. The van der Waals surface area contributed by atoms with E-state index in [1.165, 1.54) is 6.07 Å². The van der Waals surface area contributed by atoms with Crippen LogP contribution in [0.2, 0.25) is 0 Å². The first-order chi connectivity index (χ1) is 15.1. The number of nitrogens with zero attached hydrogens (tertiary/aromatic N) is 2. The first kappa shape index (κ1) is 19.7. The summed E-state index contributed by atoms with van der Waals surface area (Å²) in [6.45, 7) is 0.230. The largest absolute Gasteiger partial charge is 0.445 e. The van der Waals surface area contributed by atoms with Gasteiger partial charge in [-0.05, 0) is 43.4 Å². The Morgan fingerprint density at radius 1 is 1.03 bits per heavy atom. The second-order valence-electron chi connectivity index (χ2n) is 8.39. The number of rotatable bonds is 4. The summed E-state index contributed by atoms with van der Waals surface area (Å²) in [7, 11) is 0. The maximum absolute atomic E-state index is 14.7.